The summed E-state index contributed by atoms with van der Waals surface area (Å²) in [6.07, 6.45) is 4.95. The molecule has 1 N–H and O–H groups in total. The number of β-amino-alcohol motifs (C(OH)–C–C–N with tert-alkyl or cyclic N) is 1. The van der Waals surface area contributed by atoms with Gasteiger partial charge in [-0.15, -0.1) is 0 Å². The van der Waals surface area contributed by atoms with Gasteiger partial charge in [0.05, 0.1) is 29.8 Å². The Bertz CT molecular complexity index is 757. The van der Waals surface area contributed by atoms with Gasteiger partial charge in [-0.05, 0) is 38.0 Å². The molecule has 0 bridgehead atoms. The summed E-state index contributed by atoms with van der Waals surface area (Å²) in [6, 6.07) is 4.70. The van der Waals surface area contributed by atoms with Crippen molar-refractivity contribution in [1.82, 2.24) is 9.80 Å². The van der Waals surface area contributed by atoms with Gasteiger partial charge < -0.3 is 10.0 Å². The zero-order valence-corrected chi connectivity index (χ0v) is 14.3. The number of carbonyl (C=O) groups is 3. The van der Waals surface area contributed by atoms with Gasteiger partial charge in [0, 0.05) is 11.6 Å². The Morgan fingerprint density at radius 3 is 2.36 bits per heavy atom. The number of hydrogen-bond donors (Lipinski definition) is 1. The zero-order valence-electron chi connectivity index (χ0n) is 14.3. The number of aliphatic hydroxyl groups is 1. The molecule has 132 valence electrons. The van der Waals surface area contributed by atoms with Crippen LogP contribution in [-0.2, 0) is 0 Å². The second kappa shape index (κ2) is 5.66. The molecule has 2 aliphatic heterocycles. The number of imide groups is 1. The number of likely N-dealkylation sites (tertiary alicyclic amines) is 1. The molecule has 0 spiro atoms. The van der Waals surface area contributed by atoms with Crippen molar-refractivity contribution >= 4 is 17.7 Å². The lowest BCUT2D eigenvalue weighted by atomic mass is 9.94. The number of nitrogens with zero attached hydrogens (tertiary/aromatic N) is 2. The maximum Gasteiger partial charge on any atom is 0.261 e. The molecule has 0 atom stereocenters. The van der Waals surface area contributed by atoms with E-state index in [2.05, 4.69) is 0 Å². The maximum absolute atomic E-state index is 12.8. The quantitative estimate of drug-likeness (QED) is 0.832. The van der Waals surface area contributed by atoms with Crippen LogP contribution in [0.25, 0.3) is 0 Å². The molecular formula is C19H22N2O4. The van der Waals surface area contributed by atoms with E-state index >= 15 is 0 Å². The van der Waals surface area contributed by atoms with E-state index < -0.39 is 5.60 Å². The molecule has 2 fully saturated rings. The fourth-order valence-corrected chi connectivity index (χ4v) is 4.17. The average Bonchev–Trinajstić information content (AvgIpc) is 2.83. The van der Waals surface area contributed by atoms with Gasteiger partial charge in [-0.2, -0.15) is 0 Å². The zero-order chi connectivity index (χ0) is 17.8. The number of carbonyl (C=O) groups excluding carboxylic acids is 3. The summed E-state index contributed by atoms with van der Waals surface area (Å²) in [7, 11) is 0. The molecule has 3 amide bonds. The number of rotatable bonds is 2. The monoisotopic (exact) mass is 342 g/mol. The highest BCUT2D eigenvalue weighted by Gasteiger charge is 2.42. The number of fused-ring (bicyclic) bond motifs is 1. The van der Waals surface area contributed by atoms with Crippen LogP contribution in [0, 0.1) is 0 Å². The van der Waals surface area contributed by atoms with Crippen molar-refractivity contribution in [3.63, 3.8) is 0 Å². The molecule has 0 aromatic heterocycles. The van der Waals surface area contributed by atoms with Crippen LogP contribution in [0.1, 0.15) is 70.1 Å². The molecule has 25 heavy (non-hydrogen) atoms. The van der Waals surface area contributed by atoms with Crippen LogP contribution < -0.4 is 0 Å². The Balaban J connectivity index is 1.58. The lowest BCUT2D eigenvalue weighted by Crippen LogP contribution is -2.61. The van der Waals surface area contributed by atoms with Crippen LogP contribution >= 0.6 is 0 Å². The summed E-state index contributed by atoms with van der Waals surface area (Å²) in [5, 5.41) is 9.79. The van der Waals surface area contributed by atoms with Crippen molar-refractivity contribution in [3.05, 3.63) is 34.9 Å². The van der Waals surface area contributed by atoms with Gasteiger partial charge in [-0.25, -0.2) is 0 Å². The second-order valence-corrected chi connectivity index (χ2v) is 7.69. The van der Waals surface area contributed by atoms with Gasteiger partial charge in [-0.3, -0.25) is 19.3 Å². The smallest absolute Gasteiger partial charge is 0.261 e. The highest BCUT2D eigenvalue weighted by Crippen LogP contribution is 2.32. The Morgan fingerprint density at radius 1 is 1.08 bits per heavy atom. The van der Waals surface area contributed by atoms with E-state index in [1.807, 2.05) is 0 Å². The third-order valence-corrected chi connectivity index (χ3v) is 5.45. The molecule has 1 saturated heterocycles. The van der Waals surface area contributed by atoms with Gasteiger partial charge in [0.25, 0.3) is 17.7 Å². The first-order chi connectivity index (χ1) is 11.9. The minimum Gasteiger partial charge on any atom is -0.386 e. The summed E-state index contributed by atoms with van der Waals surface area (Å²) < 4.78 is 0. The third-order valence-electron chi connectivity index (χ3n) is 5.45. The first-order valence-electron chi connectivity index (χ1n) is 8.91. The van der Waals surface area contributed by atoms with Crippen molar-refractivity contribution in [2.24, 2.45) is 0 Å². The van der Waals surface area contributed by atoms with Crippen LogP contribution in [0.4, 0.5) is 0 Å². The first-order valence-corrected chi connectivity index (χ1v) is 8.91. The minimum absolute atomic E-state index is 0.0224. The maximum atomic E-state index is 12.8. The molecule has 0 radical (unpaired) electrons. The van der Waals surface area contributed by atoms with Crippen molar-refractivity contribution in [2.75, 3.05) is 13.1 Å². The molecule has 3 aliphatic rings. The van der Waals surface area contributed by atoms with Crippen molar-refractivity contribution < 1.29 is 19.5 Å². The molecule has 6 nitrogen and oxygen atoms in total. The topological polar surface area (TPSA) is 77.9 Å². The van der Waals surface area contributed by atoms with Crippen LogP contribution in [-0.4, -0.2) is 57.4 Å². The second-order valence-electron chi connectivity index (χ2n) is 7.69. The van der Waals surface area contributed by atoms with Crippen LogP contribution in [0.15, 0.2) is 18.2 Å². The fourth-order valence-electron chi connectivity index (χ4n) is 4.17. The van der Waals surface area contributed by atoms with Crippen molar-refractivity contribution in [1.29, 1.82) is 0 Å². The molecule has 0 unspecified atom stereocenters. The summed E-state index contributed by atoms with van der Waals surface area (Å²) in [5.74, 6) is -0.736. The number of hydrogen-bond acceptors (Lipinski definition) is 4. The van der Waals surface area contributed by atoms with Gasteiger partial charge in [0.1, 0.15) is 0 Å². The van der Waals surface area contributed by atoms with Crippen molar-refractivity contribution in [2.45, 2.75) is 50.7 Å². The lowest BCUT2D eigenvalue weighted by Gasteiger charge is -2.44. The molecule has 2 heterocycles. The Hall–Kier alpha value is -2.21. The highest BCUT2D eigenvalue weighted by molar-refractivity contribution is 6.22. The summed E-state index contributed by atoms with van der Waals surface area (Å²) in [5.41, 5.74) is 0.271. The predicted molar refractivity (Wildman–Crippen MR) is 90.3 cm³/mol. The molecule has 1 saturated carbocycles. The Kier molecular flexibility index (Phi) is 3.68. The van der Waals surface area contributed by atoms with E-state index in [0.29, 0.717) is 16.7 Å². The Morgan fingerprint density at radius 2 is 1.72 bits per heavy atom. The molecule has 1 aromatic carbocycles. The standard InChI is InChI=1S/C19H22N2O4/c1-19(25)10-20(11-19)16(22)12-7-8-14-15(9-12)18(24)21(17(14)23)13-5-3-2-4-6-13/h7-9,13,25H,2-6,10-11H2,1H3. The molecule has 1 aromatic rings. The predicted octanol–water partition coefficient (Wildman–Crippen LogP) is 1.82. The SMILES string of the molecule is CC1(O)CN(C(=O)c2ccc3c(c2)C(=O)N(C2CCCCC2)C3=O)C1. The molecule has 6 heteroatoms. The van der Waals surface area contributed by atoms with Crippen LogP contribution in [0.3, 0.4) is 0 Å². The lowest BCUT2D eigenvalue weighted by molar-refractivity contribution is -0.0668. The van der Waals surface area contributed by atoms with E-state index in [1.165, 1.54) is 11.0 Å². The van der Waals surface area contributed by atoms with Crippen LogP contribution in [0.5, 0.6) is 0 Å². The number of benzene rings is 1. The Labute approximate surface area is 146 Å². The van der Waals surface area contributed by atoms with E-state index in [1.54, 1.807) is 24.0 Å². The first kappa shape index (κ1) is 16.3. The molecule has 1 aliphatic carbocycles. The van der Waals surface area contributed by atoms with Gasteiger partial charge in [0.2, 0.25) is 0 Å². The van der Waals surface area contributed by atoms with Crippen molar-refractivity contribution in [3.8, 4) is 0 Å². The fraction of sp³-hybridized carbons (Fsp3) is 0.526. The summed E-state index contributed by atoms with van der Waals surface area (Å²) in [6.45, 7) is 2.25. The van der Waals surface area contributed by atoms with Gasteiger partial charge in [-0.1, -0.05) is 19.3 Å². The van der Waals surface area contributed by atoms with Crippen LogP contribution in [0.2, 0.25) is 0 Å². The number of amides is 3. The van der Waals surface area contributed by atoms with E-state index in [-0.39, 0.29) is 36.9 Å². The summed E-state index contributed by atoms with van der Waals surface area (Å²) in [4.78, 5) is 40.9. The summed E-state index contributed by atoms with van der Waals surface area (Å²) >= 11 is 0. The normalized spacial score (nSPS) is 22.8. The highest BCUT2D eigenvalue weighted by atomic mass is 16.3. The third kappa shape index (κ3) is 2.65. The largest absolute Gasteiger partial charge is 0.386 e. The van der Waals surface area contributed by atoms with E-state index in [4.69, 9.17) is 0 Å². The average molecular weight is 342 g/mol. The molecular weight excluding hydrogens is 320 g/mol. The van der Waals surface area contributed by atoms with E-state index in [9.17, 15) is 19.5 Å². The van der Waals surface area contributed by atoms with E-state index in [0.717, 1.165) is 32.1 Å². The minimum atomic E-state index is -0.837. The van der Waals surface area contributed by atoms with Gasteiger partial charge in [0.15, 0.2) is 0 Å². The molecule has 4 rings (SSSR count). The van der Waals surface area contributed by atoms with Gasteiger partial charge >= 0.3 is 0 Å².